The first-order valence-electron chi connectivity index (χ1n) is 8.28. The van der Waals surface area contributed by atoms with E-state index in [1.165, 1.54) is 7.11 Å². The van der Waals surface area contributed by atoms with Crippen LogP contribution in [0.1, 0.15) is 24.5 Å². The fraction of sp³-hybridized carbons (Fsp3) is 0.353. The van der Waals surface area contributed by atoms with Gasteiger partial charge in [-0.3, -0.25) is 10.1 Å². The van der Waals surface area contributed by atoms with Gasteiger partial charge in [0.25, 0.3) is 5.56 Å². The van der Waals surface area contributed by atoms with E-state index < -0.39 is 6.09 Å². The first-order valence-corrected chi connectivity index (χ1v) is 8.28. The molecule has 0 aliphatic carbocycles. The Morgan fingerprint density at radius 2 is 2.16 bits per heavy atom. The molecule has 1 fully saturated rings. The topological polar surface area (TPSA) is 101 Å². The minimum absolute atomic E-state index is 0.171. The third-order valence-corrected chi connectivity index (χ3v) is 4.64. The highest BCUT2D eigenvalue weighted by atomic mass is 16.5. The second-order valence-corrected chi connectivity index (χ2v) is 6.16. The van der Waals surface area contributed by atoms with Gasteiger partial charge in [0, 0.05) is 12.0 Å². The number of aromatic amines is 1. The third-order valence-electron chi connectivity index (χ3n) is 4.64. The van der Waals surface area contributed by atoms with E-state index in [0.717, 1.165) is 31.6 Å². The van der Waals surface area contributed by atoms with Crippen molar-refractivity contribution in [3.05, 3.63) is 40.3 Å². The first kappa shape index (κ1) is 15.6. The lowest BCUT2D eigenvalue weighted by Crippen LogP contribution is -2.28. The van der Waals surface area contributed by atoms with Crippen LogP contribution in [-0.4, -0.2) is 40.9 Å². The summed E-state index contributed by atoms with van der Waals surface area (Å²) in [6, 6.07) is 7.05. The number of methoxy groups -OCH3 is 1. The first-order chi connectivity index (χ1) is 12.2. The number of amides is 1. The average molecular weight is 341 g/mol. The molecule has 1 amide bonds. The van der Waals surface area contributed by atoms with E-state index in [0.29, 0.717) is 22.2 Å². The summed E-state index contributed by atoms with van der Waals surface area (Å²) in [5, 5.41) is 11.4. The molecule has 130 valence electrons. The zero-order chi connectivity index (χ0) is 17.4. The van der Waals surface area contributed by atoms with Crippen LogP contribution in [0.4, 0.5) is 10.5 Å². The number of rotatable bonds is 2. The molecule has 0 bridgehead atoms. The molecule has 1 saturated heterocycles. The molecule has 1 aliphatic rings. The van der Waals surface area contributed by atoms with E-state index in [-0.39, 0.29) is 11.5 Å². The van der Waals surface area contributed by atoms with Crippen molar-refractivity contribution in [2.75, 3.05) is 25.5 Å². The number of benzene rings is 1. The monoisotopic (exact) mass is 341 g/mol. The number of piperidine rings is 1. The molecule has 4 rings (SSSR count). The van der Waals surface area contributed by atoms with E-state index in [4.69, 9.17) is 0 Å². The van der Waals surface area contributed by atoms with E-state index >= 15 is 0 Å². The highest BCUT2D eigenvalue weighted by molar-refractivity contribution is 6.06. The summed E-state index contributed by atoms with van der Waals surface area (Å²) in [4.78, 5) is 26.7. The van der Waals surface area contributed by atoms with Gasteiger partial charge in [0.1, 0.15) is 5.65 Å². The number of H-pyrrole nitrogens is 1. The van der Waals surface area contributed by atoms with E-state index in [1.807, 2.05) is 12.1 Å². The Balaban J connectivity index is 1.95. The minimum Gasteiger partial charge on any atom is -0.453 e. The SMILES string of the molecule is COC(=O)Nc1cccc2nn3c(C4CCNCC4)cc(=O)[nH]c3c12. The van der Waals surface area contributed by atoms with Crippen LogP contribution in [0.25, 0.3) is 16.6 Å². The van der Waals surface area contributed by atoms with Crippen LogP contribution in [0.5, 0.6) is 0 Å². The zero-order valence-corrected chi connectivity index (χ0v) is 13.8. The summed E-state index contributed by atoms with van der Waals surface area (Å²) in [5.41, 5.74) is 2.57. The lowest BCUT2D eigenvalue weighted by atomic mass is 9.94. The normalized spacial score (nSPS) is 15.6. The van der Waals surface area contributed by atoms with Crippen LogP contribution in [0.15, 0.2) is 29.1 Å². The van der Waals surface area contributed by atoms with Gasteiger partial charge >= 0.3 is 6.09 Å². The number of nitrogens with zero attached hydrogens (tertiary/aromatic N) is 2. The highest BCUT2D eigenvalue weighted by Crippen LogP contribution is 2.30. The highest BCUT2D eigenvalue weighted by Gasteiger charge is 2.21. The molecule has 3 aromatic rings. The van der Waals surface area contributed by atoms with Crippen LogP contribution >= 0.6 is 0 Å². The molecule has 3 N–H and O–H groups in total. The van der Waals surface area contributed by atoms with Gasteiger partial charge in [0.05, 0.1) is 29.4 Å². The summed E-state index contributed by atoms with van der Waals surface area (Å²) in [7, 11) is 1.31. The number of carbonyl (C=O) groups is 1. The summed E-state index contributed by atoms with van der Waals surface area (Å²) >= 11 is 0. The molecule has 25 heavy (non-hydrogen) atoms. The van der Waals surface area contributed by atoms with Gasteiger partial charge in [-0.1, -0.05) is 6.07 Å². The number of carbonyl (C=O) groups excluding carboxylic acids is 1. The van der Waals surface area contributed by atoms with E-state index in [1.54, 1.807) is 16.6 Å². The van der Waals surface area contributed by atoms with Gasteiger partial charge in [-0.25, -0.2) is 9.31 Å². The molecule has 8 nitrogen and oxygen atoms in total. The molecule has 2 aromatic heterocycles. The summed E-state index contributed by atoms with van der Waals surface area (Å²) < 4.78 is 6.47. The van der Waals surface area contributed by atoms with E-state index in [2.05, 4.69) is 25.5 Å². The third kappa shape index (κ3) is 2.74. The predicted molar refractivity (Wildman–Crippen MR) is 94.2 cm³/mol. The fourth-order valence-corrected chi connectivity index (χ4v) is 3.46. The van der Waals surface area contributed by atoms with Gasteiger partial charge in [-0.05, 0) is 38.1 Å². The predicted octanol–water partition coefficient (Wildman–Crippen LogP) is 1.82. The maximum absolute atomic E-state index is 12.3. The van der Waals surface area contributed by atoms with Gasteiger partial charge in [-0.15, -0.1) is 0 Å². The van der Waals surface area contributed by atoms with Crippen LogP contribution < -0.4 is 16.2 Å². The molecule has 3 heterocycles. The van der Waals surface area contributed by atoms with Crippen molar-refractivity contribution in [3.8, 4) is 0 Å². The standard InChI is InChI=1S/C17H19N5O3/c1-25-17(24)19-11-3-2-4-12-15(11)16-20-14(23)9-13(22(16)21-12)10-5-7-18-8-6-10/h2-4,9-10,18H,5-8H2,1H3,(H,19,24)(H,20,23). The quantitative estimate of drug-likeness (QED) is 0.660. The van der Waals surface area contributed by atoms with E-state index in [9.17, 15) is 9.59 Å². The Hall–Kier alpha value is -2.87. The van der Waals surface area contributed by atoms with Gasteiger partial charge < -0.3 is 15.0 Å². The molecule has 1 aliphatic heterocycles. The molecular formula is C17H19N5O3. The molecule has 0 unspecified atom stereocenters. The molecule has 8 heteroatoms. The number of hydrogen-bond donors (Lipinski definition) is 3. The Kier molecular flexibility index (Phi) is 3.89. The number of anilines is 1. The van der Waals surface area contributed by atoms with Crippen LogP contribution in [-0.2, 0) is 4.74 Å². The van der Waals surface area contributed by atoms with Gasteiger partial charge in [0.2, 0.25) is 0 Å². The Bertz CT molecular complexity index is 1000. The van der Waals surface area contributed by atoms with Crippen molar-refractivity contribution in [2.24, 2.45) is 0 Å². The van der Waals surface area contributed by atoms with Crippen molar-refractivity contribution in [1.29, 1.82) is 0 Å². The number of ether oxygens (including phenoxy) is 1. The summed E-state index contributed by atoms with van der Waals surface area (Å²) in [6.07, 6.45) is 1.35. The fourth-order valence-electron chi connectivity index (χ4n) is 3.46. The number of hydrogen-bond acceptors (Lipinski definition) is 5. The van der Waals surface area contributed by atoms with Crippen LogP contribution in [0.3, 0.4) is 0 Å². The average Bonchev–Trinajstić information content (AvgIpc) is 3.01. The second-order valence-electron chi connectivity index (χ2n) is 6.16. The molecule has 0 atom stereocenters. The smallest absolute Gasteiger partial charge is 0.411 e. The van der Waals surface area contributed by atoms with Crippen LogP contribution in [0.2, 0.25) is 0 Å². The number of nitrogens with one attached hydrogen (secondary N) is 3. The van der Waals surface area contributed by atoms with Crippen molar-refractivity contribution < 1.29 is 9.53 Å². The maximum Gasteiger partial charge on any atom is 0.411 e. The molecular weight excluding hydrogens is 322 g/mol. The molecule has 0 spiro atoms. The minimum atomic E-state index is -0.566. The largest absolute Gasteiger partial charge is 0.453 e. The van der Waals surface area contributed by atoms with Crippen molar-refractivity contribution in [2.45, 2.75) is 18.8 Å². The Morgan fingerprint density at radius 3 is 2.92 bits per heavy atom. The lowest BCUT2D eigenvalue weighted by Gasteiger charge is -2.23. The molecule has 1 aromatic carbocycles. The summed E-state index contributed by atoms with van der Waals surface area (Å²) in [5.74, 6) is 0.275. The van der Waals surface area contributed by atoms with Crippen molar-refractivity contribution in [3.63, 3.8) is 0 Å². The number of fused-ring (bicyclic) bond motifs is 3. The zero-order valence-electron chi connectivity index (χ0n) is 13.8. The van der Waals surface area contributed by atoms with Crippen LogP contribution in [0, 0.1) is 0 Å². The Morgan fingerprint density at radius 1 is 1.36 bits per heavy atom. The van der Waals surface area contributed by atoms with Crippen molar-refractivity contribution >= 4 is 28.3 Å². The van der Waals surface area contributed by atoms with Gasteiger partial charge in [-0.2, -0.15) is 5.10 Å². The van der Waals surface area contributed by atoms with Crippen molar-refractivity contribution in [1.82, 2.24) is 19.9 Å². The maximum atomic E-state index is 12.3. The second kappa shape index (κ2) is 6.21. The lowest BCUT2D eigenvalue weighted by molar-refractivity contribution is 0.187. The molecule has 0 saturated carbocycles. The number of aromatic nitrogens is 3. The van der Waals surface area contributed by atoms with Gasteiger partial charge in [0.15, 0.2) is 0 Å². The molecule has 0 radical (unpaired) electrons. The summed E-state index contributed by atoms with van der Waals surface area (Å²) in [6.45, 7) is 1.85. The Labute approximate surface area is 143 Å².